The summed E-state index contributed by atoms with van der Waals surface area (Å²) in [5, 5.41) is 9.26. The van der Waals surface area contributed by atoms with Crippen LogP contribution in [-0.2, 0) is 11.3 Å². The van der Waals surface area contributed by atoms with E-state index in [0.717, 1.165) is 43.2 Å². The third-order valence-electron chi connectivity index (χ3n) is 3.20. The van der Waals surface area contributed by atoms with Crippen molar-refractivity contribution < 1.29 is 4.74 Å². The first kappa shape index (κ1) is 11.2. The van der Waals surface area contributed by atoms with Gasteiger partial charge in [-0.3, -0.25) is 4.90 Å². The van der Waals surface area contributed by atoms with E-state index in [1.165, 1.54) is 0 Å². The molecule has 0 aliphatic carbocycles. The second-order valence-electron chi connectivity index (χ2n) is 4.34. The molecule has 2 aromatic rings. The molecule has 1 aliphatic heterocycles. The minimum Gasteiger partial charge on any atom is -0.379 e. The van der Waals surface area contributed by atoms with E-state index >= 15 is 0 Å². The monoisotopic (exact) mass is 242 g/mol. The Kier molecular flexibility index (Phi) is 2.97. The average Bonchev–Trinajstić information content (AvgIpc) is 2.77. The predicted octanol–water partition coefficient (Wildman–Crippen LogP) is 1.20. The Morgan fingerprint density at radius 3 is 2.83 bits per heavy atom. The van der Waals surface area contributed by atoms with Crippen molar-refractivity contribution in [1.82, 2.24) is 14.5 Å². The first-order valence-electron chi connectivity index (χ1n) is 6.05. The lowest BCUT2D eigenvalue weighted by molar-refractivity contribution is 0.0329. The van der Waals surface area contributed by atoms with Gasteiger partial charge < -0.3 is 4.74 Å². The van der Waals surface area contributed by atoms with Crippen LogP contribution < -0.4 is 0 Å². The molecule has 5 nitrogen and oxygen atoms in total. The van der Waals surface area contributed by atoms with Crippen molar-refractivity contribution in [2.24, 2.45) is 0 Å². The number of benzene rings is 1. The van der Waals surface area contributed by atoms with E-state index in [9.17, 15) is 5.26 Å². The summed E-state index contributed by atoms with van der Waals surface area (Å²) in [7, 11) is 0. The van der Waals surface area contributed by atoms with Gasteiger partial charge in [0, 0.05) is 13.1 Å². The van der Waals surface area contributed by atoms with Crippen molar-refractivity contribution in [1.29, 1.82) is 5.26 Å². The molecule has 1 fully saturated rings. The average molecular weight is 242 g/mol. The fraction of sp³-hybridized carbons (Fsp3) is 0.385. The molecule has 0 bridgehead atoms. The summed E-state index contributed by atoms with van der Waals surface area (Å²) in [5.74, 6) is 0.806. The van der Waals surface area contributed by atoms with Crippen LogP contribution >= 0.6 is 0 Å². The second-order valence-corrected chi connectivity index (χ2v) is 4.34. The first-order valence-corrected chi connectivity index (χ1v) is 6.05. The Morgan fingerprint density at radius 1 is 1.28 bits per heavy atom. The number of para-hydroxylation sites is 2. The Bertz CT molecular complexity index is 593. The van der Waals surface area contributed by atoms with Crippen molar-refractivity contribution in [3.8, 4) is 6.19 Å². The quantitative estimate of drug-likeness (QED) is 0.794. The topological polar surface area (TPSA) is 54.1 Å². The maximum Gasteiger partial charge on any atom is 0.190 e. The van der Waals surface area contributed by atoms with Gasteiger partial charge in [0.05, 0.1) is 30.8 Å². The maximum absolute atomic E-state index is 9.26. The summed E-state index contributed by atoms with van der Waals surface area (Å²) in [6.07, 6.45) is 2.20. The van der Waals surface area contributed by atoms with E-state index in [4.69, 9.17) is 4.74 Å². The molecule has 2 heterocycles. The zero-order valence-corrected chi connectivity index (χ0v) is 10.0. The summed E-state index contributed by atoms with van der Waals surface area (Å²) in [4.78, 5) is 6.80. The van der Waals surface area contributed by atoms with Crippen LogP contribution in [0.4, 0.5) is 0 Å². The van der Waals surface area contributed by atoms with Crippen molar-refractivity contribution in [3.63, 3.8) is 0 Å². The van der Waals surface area contributed by atoms with E-state index in [0.29, 0.717) is 6.54 Å². The van der Waals surface area contributed by atoms with Gasteiger partial charge in [-0.15, -0.1) is 0 Å². The van der Waals surface area contributed by atoms with Gasteiger partial charge in [-0.25, -0.2) is 9.55 Å². The number of hydrogen-bond donors (Lipinski definition) is 0. The zero-order valence-electron chi connectivity index (χ0n) is 10.0. The largest absolute Gasteiger partial charge is 0.379 e. The van der Waals surface area contributed by atoms with Crippen LogP contribution in [0.15, 0.2) is 24.3 Å². The summed E-state index contributed by atoms with van der Waals surface area (Å²) in [5.41, 5.74) is 1.76. The summed E-state index contributed by atoms with van der Waals surface area (Å²) in [6, 6.07) is 7.73. The zero-order chi connectivity index (χ0) is 12.4. The van der Waals surface area contributed by atoms with Crippen molar-refractivity contribution in [2.75, 3.05) is 26.3 Å². The number of rotatable bonds is 2. The SMILES string of the molecule is N#Cn1c(CN2CCOCC2)nc2ccccc21. The highest BCUT2D eigenvalue weighted by Gasteiger charge is 2.16. The molecular formula is C13H14N4O. The molecule has 3 rings (SSSR count). The lowest BCUT2D eigenvalue weighted by Gasteiger charge is -2.25. The van der Waals surface area contributed by atoms with Crippen LogP contribution in [0.5, 0.6) is 0 Å². The van der Waals surface area contributed by atoms with E-state index in [2.05, 4.69) is 16.1 Å². The summed E-state index contributed by atoms with van der Waals surface area (Å²) >= 11 is 0. The number of morpholine rings is 1. The highest BCUT2D eigenvalue weighted by Crippen LogP contribution is 2.16. The number of aromatic nitrogens is 2. The van der Waals surface area contributed by atoms with Crippen LogP contribution in [0.2, 0.25) is 0 Å². The fourth-order valence-electron chi connectivity index (χ4n) is 2.25. The van der Waals surface area contributed by atoms with Crippen molar-refractivity contribution in [2.45, 2.75) is 6.54 Å². The third-order valence-corrected chi connectivity index (χ3v) is 3.20. The molecule has 1 aliphatic rings. The Labute approximate surface area is 105 Å². The minimum absolute atomic E-state index is 0.700. The smallest absolute Gasteiger partial charge is 0.190 e. The van der Waals surface area contributed by atoms with Gasteiger partial charge >= 0.3 is 0 Å². The van der Waals surface area contributed by atoms with Crippen molar-refractivity contribution in [3.05, 3.63) is 30.1 Å². The first-order chi connectivity index (χ1) is 8.88. The van der Waals surface area contributed by atoms with Gasteiger partial charge in [-0.05, 0) is 12.1 Å². The number of nitriles is 1. The molecule has 1 aromatic heterocycles. The molecule has 0 N–H and O–H groups in total. The molecule has 0 spiro atoms. The van der Waals surface area contributed by atoms with Gasteiger partial charge in [0.25, 0.3) is 0 Å². The Balaban J connectivity index is 1.93. The normalized spacial score (nSPS) is 16.8. The van der Waals surface area contributed by atoms with E-state index in [1.54, 1.807) is 4.57 Å². The van der Waals surface area contributed by atoms with Crippen LogP contribution in [0, 0.1) is 11.5 Å². The van der Waals surface area contributed by atoms with E-state index in [-0.39, 0.29) is 0 Å². The fourth-order valence-corrected chi connectivity index (χ4v) is 2.25. The van der Waals surface area contributed by atoms with Gasteiger partial charge in [0.15, 0.2) is 6.19 Å². The van der Waals surface area contributed by atoms with E-state index < -0.39 is 0 Å². The molecule has 0 atom stereocenters. The third kappa shape index (κ3) is 1.96. The summed E-state index contributed by atoms with van der Waals surface area (Å²) < 4.78 is 6.93. The molecule has 0 radical (unpaired) electrons. The molecule has 0 amide bonds. The lowest BCUT2D eigenvalue weighted by atomic mass is 10.3. The molecule has 5 heteroatoms. The van der Waals surface area contributed by atoms with Crippen LogP contribution in [0.3, 0.4) is 0 Å². The van der Waals surface area contributed by atoms with Crippen LogP contribution in [-0.4, -0.2) is 40.8 Å². The van der Waals surface area contributed by atoms with Crippen LogP contribution in [0.1, 0.15) is 5.82 Å². The lowest BCUT2D eigenvalue weighted by Crippen LogP contribution is -2.36. The van der Waals surface area contributed by atoms with Gasteiger partial charge in [0.1, 0.15) is 5.82 Å². The number of fused-ring (bicyclic) bond motifs is 1. The van der Waals surface area contributed by atoms with E-state index in [1.807, 2.05) is 24.3 Å². The minimum atomic E-state index is 0.700. The van der Waals surface area contributed by atoms with Gasteiger partial charge in [0.2, 0.25) is 0 Å². The summed E-state index contributed by atoms with van der Waals surface area (Å²) in [6.45, 7) is 4.01. The van der Waals surface area contributed by atoms with Gasteiger partial charge in [-0.2, -0.15) is 5.26 Å². The second kappa shape index (κ2) is 4.77. The number of ether oxygens (including phenoxy) is 1. The molecule has 18 heavy (non-hydrogen) atoms. The van der Waals surface area contributed by atoms with Crippen LogP contribution in [0.25, 0.3) is 11.0 Å². The molecule has 0 unspecified atom stereocenters. The molecule has 1 saturated heterocycles. The molecule has 92 valence electrons. The molecule has 1 aromatic carbocycles. The Hall–Kier alpha value is -1.90. The predicted molar refractivity (Wildman–Crippen MR) is 66.8 cm³/mol. The number of imidazole rings is 1. The molecule has 0 saturated carbocycles. The number of hydrogen-bond acceptors (Lipinski definition) is 4. The standard InChI is InChI=1S/C13H14N4O/c14-10-17-12-4-2-1-3-11(12)15-13(17)9-16-5-7-18-8-6-16/h1-4H,5-9H2. The van der Waals surface area contributed by atoms with Gasteiger partial charge in [-0.1, -0.05) is 12.1 Å². The maximum atomic E-state index is 9.26. The van der Waals surface area contributed by atoms with Crippen molar-refractivity contribution >= 4 is 11.0 Å². The highest BCUT2D eigenvalue weighted by molar-refractivity contribution is 5.76. The molecular weight excluding hydrogens is 228 g/mol. The highest BCUT2D eigenvalue weighted by atomic mass is 16.5. The Morgan fingerprint density at radius 2 is 2.06 bits per heavy atom. The number of nitrogens with zero attached hydrogens (tertiary/aromatic N) is 4.